The van der Waals surface area contributed by atoms with Gasteiger partial charge in [-0.2, -0.15) is 0 Å². The van der Waals surface area contributed by atoms with Crippen molar-refractivity contribution in [1.82, 2.24) is 0 Å². The first-order valence-corrected chi connectivity index (χ1v) is 7.16. The number of benzene rings is 2. The van der Waals surface area contributed by atoms with E-state index < -0.39 is 17.9 Å². The molecular weight excluding hydrogens is 328 g/mol. The minimum atomic E-state index is -1.27. The summed E-state index contributed by atoms with van der Waals surface area (Å²) in [4.78, 5) is 45.1. The molecule has 0 saturated carbocycles. The van der Waals surface area contributed by atoms with Gasteiger partial charge in [-0.3, -0.25) is 4.79 Å². The summed E-state index contributed by atoms with van der Waals surface area (Å²) < 4.78 is 0. The third-order valence-corrected chi connectivity index (χ3v) is 3.54. The summed E-state index contributed by atoms with van der Waals surface area (Å²) in [6, 6.07) is 7.80. The second-order valence-electron chi connectivity index (χ2n) is 5.49. The molecule has 0 unspecified atom stereocenters. The fourth-order valence-electron chi connectivity index (χ4n) is 2.40. The third-order valence-electron chi connectivity index (χ3n) is 3.54. The molecule has 0 atom stereocenters. The lowest BCUT2D eigenvalue weighted by Crippen LogP contribution is -2.06. The molecule has 2 aromatic rings. The SMILES string of the molecule is CC(=O)c1cc(Cc2cc(C(=O)O)cc(C(=O)O)c2)cc(C(=O)O)c1. The molecule has 0 radical (unpaired) electrons. The molecule has 7 nitrogen and oxygen atoms in total. The Balaban J connectivity index is 2.51. The Morgan fingerprint density at radius 3 is 1.28 bits per heavy atom. The first-order valence-electron chi connectivity index (χ1n) is 7.16. The predicted molar refractivity (Wildman–Crippen MR) is 86.6 cm³/mol. The molecule has 0 aliphatic rings. The van der Waals surface area contributed by atoms with Crippen molar-refractivity contribution in [2.24, 2.45) is 0 Å². The van der Waals surface area contributed by atoms with Gasteiger partial charge in [-0.1, -0.05) is 0 Å². The number of carboxylic acids is 3. The normalized spacial score (nSPS) is 10.3. The second kappa shape index (κ2) is 6.96. The zero-order valence-corrected chi connectivity index (χ0v) is 13.1. The van der Waals surface area contributed by atoms with Crippen LogP contribution in [0.5, 0.6) is 0 Å². The van der Waals surface area contributed by atoms with E-state index >= 15 is 0 Å². The molecule has 3 N–H and O–H groups in total. The Bertz CT molecular complexity index is 758. The largest absolute Gasteiger partial charge is 0.478 e. The van der Waals surface area contributed by atoms with Crippen LogP contribution < -0.4 is 0 Å². The van der Waals surface area contributed by atoms with E-state index in [1.165, 1.54) is 37.3 Å². The lowest BCUT2D eigenvalue weighted by atomic mass is 9.96. The van der Waals surface area contributed by atoms with E-state index in [9.17, 15) is 19.2 Å². The maximum Gasteiger partial charge on any atom is 0.335 e. The molecule has 0 saturated heterocycles. The zero-order valence-electron chi connectivity index (χ0n) is 13.1. The zero-order chi connectivity index (χ0) is 18.7. The van der Waals surface area contributed by atoms with Gasteiger partial charge in [0.05, 0.1) is 16.7 Å². The molecule has 0 bridgehead atoms. The molecule has 0 spiro atoms. The number of aromatic carboxylic acids is 3. The summed E-state index contributed by atoms with van der Waals surface area (Å²) >= 11 is 0. The molecule has 0 aliphatic heterocycles. The van der Waals surface area contributed by atoms with Crippen molar-refractivity contribution in [3.8, 4) is 0 Å². The molecule has 0 fully saturated rings. The number of hydrogen-bond acceptors (Lipinski definition) is 4. The number of carboxylic acid groups (broad SMARTS) is 3. The lowest BCUT2D eigenvalue weighted by molar-refractivity contribution is 0.0682. The molecule has 2 rings (SSSR count). The highest BCUT2D eigenvalue weighted by Gasteiger charge is 2.14. The molecule has 0 aromatic heterocycles. The molecule has 0 heterocycles. The molecule has 128 valence electrons. The number of hydrogen-bond donors (Lipinski definition) is 3. The van der Waals surface area contributed by atoms with Crippen molar-refractivity contribution in [3.63, 3.8) is 0 Å². The minimum absolute atomic E-state index is 0.0736. The van der Waals surface area contributed by atoms with Gasteiger partial charge in [0, 0.05) is 5.56 Å². The summed E-state index contributed by atoms with van der Waals surface area (Å²) in [5.41, 5.74) is 0.615. The topological polar surface area (TPSA) is 129 Å². The number of carbonyl (C=O) groups excluding carboxylic acids is 1. The number of rotatable bonds is 6. The van der Waals surface area contributed by atoms with Crippen LogP contribution in [0.25, 0.3) is 0 Å². The first kappa shape index (κ1) is 17.9. The van der Waals surface area contributed by atoms with E-state index in [0.29, 0.717) is 11.1 Å². The third kappa shape index (κ3) is 4.29. The van der Waals surface area contributed by atoms with Crippen molar-refractivity contribution in [3.05, 3.63) is 69.8 Å². The van der Waals surface area contributed by atoms with Crippen molar-refractivity contribution in [1.29, 1.82) is 0 Å². The number of Topliss-reactive ketones (excluding diaryl/α,β-unsaturated/α-hetero) is 1. The monoisotopic (exact) mass is 342 g/mol. The van der Waals surface area contributed by atoms with Crippen LogP contribution in [0, 0.1) is 0 Å². The molecule has 25 heavy (non-hydrogen) atoms. The molecule has 7 heteroatoms. The van der Waals surface area contributed by atoms with E-state index in [-0.39, 0.29) is 34.5 Å². The van der Waals surface area contributed by atoms with Crippen LogP contribution in [-0.4, -0.2) is 39.0 Å². The van der Waals surface area contributed by atoms with E-state index in [1.807, 2.05) is 0 Å². The van der Waals surface area contributed by atoms with Crippen LogP contribution >= 0.6 is 0 Å². The summed E-state index contributed by atoms with van der Waals surface area (Å²) in [5, 5.41) is 27.3. The summed E-state index contributed by atoms with van der Waals surface area (Å²) in [6.45, 7) is 1.30. The van der Waals surface area contributed by atoms with E-state index in [1.54, 1.807) is 0 Å². The van der Waals surface area contributed by atoms with Crippen LogP contribution in [0.2, 0.25) is 0 Å². The van der Waals surface area contributed by atoms with Gasteiger partial charge < -0.3 is 15.3 Å². The van der Waals surface area contributed by atoms with Crippen molar-refractivity contribution >= 4 is 23.7 Å². The lowest BCUT2D eigenvalue weighted by Gasteiger charge is -2.08. The first-order chi connectivity index (χ1) is 11.7. The van der Waals surface area contributed by atoms with Gasteiger partial charge in [0.25, 0.3) is 0 Å². The summed E-state index contributed by atoms with van der Waals surface area (Å²) in [6.07, 6.45) is 0.0861. The van der Waals surface area contributed by atoms with Gasteiger partial charge in [-0.05, 0) is 60.9 Å². The Kier molecular flexibility index (Phi) is 4.97. The number of ketones is 1. The molecule has 0 amide bonds. The van der Waals surface area contributed by atoms with Gasteiger partial charge in [0.1, 0.15) is 0 Å². The fraction of sp³-hybridized carbons (Fsp3) is 0.111. The molecular formula is C18H14O7. The average molecular weight is 342 g/mol. The quantitative estimate of drug-likeness (QED) is 0.688. The maximum atomic E-state index is 11.6. The standard InChI is InChI=1S/C18H14O7/c1-9(19)12-3-10(4-13(7-12)16(20)21)2-11-5-14(17(22)23)8-15(6-11)18(24)25/h3-8H,2H2,1H3,(H,20,21)(H,22,23)(H,24,25). The van der Waals surface area contributed by atoms with Crippen molar-refractivity contribution in [2.75, 3.05) is 0 Å². The highest BCUT2D eigenvalue weighted by atomic mass is 16.4. The van der Waals surface area contributed by atoms with Crippen LogP contribution in [0.15, 0.2) is 36.4 Å². The van der Waals surface area contributed by atoms with Crippen LogP contribution in [-0.2, 0) is 6.42 Å². The fourth-order valence-corrected chi connectivity index (χ4v) is 2.40. The van der Waals surface area contributed by atoms with E-state index in [0.717, 1.165) is 6.07 Å². The number of carbonyl (C=O) groups is 4. The Hall–Kier alpha value is -3.48. The van der Waals surface area contributed by atoms with Crippen LogP contribution in [0.4, 0.5) is 0 Å². The van der Waals surface area contributed by atoms with Crippen molar-refractivity contribution < 1.29 is 34.5 Å². The summed E-state index contributed by atoms with van der Waals surface area (Å²) in [7, 11) is 0. The highest BCUT2D eigenvalue weighted by molar-refractivity contribution is 5.98. The smallest absolute Gasteiger partial charge is 0.335 e. The Morgan fingerprint density at radius 2 is 0.960 bits per heavy atom. The maximum absolute atomic E-state index is 11.6. The Labute approximate surface area is 142 Å². The van der Waals surface area contributed by atoms with Gasteiger partial charge in [-0.25, -0.2) is 14.4 Å². The van der Waals surface area contributed by atoms with Crippen molar-refractivity contribution in [2.45, 2.75) is 13.3 Å². The Morgan fingerprint density at radius 1 is 0.640 bits per heavy atom. The molecule has 0 aliphatic carbocycles. The van der Waals surface area contributed by atoms with Crippen LogP contribution in [0.3, 0.4) is 0 Å². The molecule has 2 aromatic carbocycles. The highest BCUT2D eigenvalue weighted by Crippen LogP contribution is 2.18. The predicted octanol–water partition coefficient (Wildman–Crippen LogP) is 2.57. The average Bonchev–Trinajstić information content (AvgIpc) is 2.53. The van der Waals surface area contributed by atoms with Gasteiger partial charge in [-0.15, -0.1) is 0 Å². The van der Waals surface area contributed by atoms with Gasteiger partial charge >= 0.3 is 17.9 Å². The second-order valence-corrected chi connectivity index (χ2v) is 5.49. The van der Waals surface area contributed by atoms with E-state index in [4.69, 9.17) is 15.3 Å². The van der Waals surface area contributed by atoms with Crippen LogP contribution in [0.1, 0.15) is 59.5 Å². The van der Waals surface area contributed by atoms with Gasteiger partial charge in [0.2, 0.25) is 0 Å². The minimum Gasteiger partial charge on any atom is -0.478 e. The summed E-state index contributed by atoms with van der Waals surface area (Å²) in [5.74, 6) is -4.05. The van der Waals surface area contributed by atoms with E-state index in [2.05, 4.69) is 0 Å². The van der Waals surface area contributed by atoms with Gasteiger partial charge in [0.15, 0.2) is 5.78 Å².